The van der Waals surface area contributed by atoms with Gasteiger partial charge >= 0.3 is 0 Å². The average Bonchev–Trinajstić information content (AvgIpc) is 2.78. The largest absolute Gasteiger partial charge is 0.486 e. The van der Waals surface area contributed by atoms with Crippen LogP contribution in [0, 0.1) is 5.82 Å². The molecule has 2 amide bonds. The smallest absolute Gasteiger partial charge is 0.242 e. The van der Waals surface area contributed by atoms with Gasteiger partial charge in [0.25, 0.3) is 0 Å². The molecule has 2 aromatic rings. The fourth-order valence-corrected chi connectivity index (χ4v) is 3.64. The number of likely N-dealkylation sites (N-methyl/N-ethyl adjacent to an activating group) is 1. The third-order valence-electron chi connectivity index (χ3n) is 5.24. The number of nitrogens with one attached hydrogen (secondary N) is 1. The molecule has 0 aliphatic carbocycles. The van der Waals surface area contributed by atoms with Crippen LogP contribution in [0.15, 0.2) is 42.5 Å². The number of hydrogen-bond donors (Lipinski definition) is 1. The topological polar surface area (TPSA) is 67.9 Å². The number of benzene rings is 2. The number of carbonyl (C=O) groups is 2. The summed E-state index contributed by atoms with van der Waals surface area (Å²) in [6, 6.07) is 11.1. The van der Waals surface area contributed by atoms with E-state index in [1.165, 1.54) is 12.1 Å². The van der Waals surface area contributed by atoms with Gasteiger partial charge in [0.15, 0.2) is 11.5 Å². The number of halogens is 1. The van der Waals surface area contributed by atoms with Crippen molar-refractivity contribution in [2.24, 2.45) is 0 Å². The van der Waals surface area contributed by atoms with Crippen molar-refractivity contribution >= 4 is 11.8 Å². The Hall–Kier alpha value is -3.09. The highest BCUT2D eigenvalue weighted by Gasteiger charge is 2.28. The van der Waals surface area contributed by atoms with Crippen molar-refractivity contribution in [3.63, 3.8) is 0 Å². The molecule has 0 fully saturated rings. The maximum atomic E-state index is 13.3. The van der Waals surface area contributed by atoms with Gasteiger partial charge in [-0.25, -0.2) is 4.39 Å². The quantitative estimate of drug-likeness (QED) is 0.664. The van der Waals surface area contributed by atoms with Crippen LogP contribution in [0.5, 0.6) is 11.5 Å². The predicted molar refractivity (Wildman–Crippen MR) is 115 cm³/mol. The fourth-order valence-electron chi connectivity index (χ4n) is 3.64. The third-order valence-corrected chi connectivity index (χ3v) is 5.24. The zero-order chi connectivity index (χ0) is 22.2. The molecule has 0 radical (unpaired) electrons. The summed E-state index contributed by atoms with van der Waals surface area (Å²) >= 11 is 0. The van der Waals surface area contributed by atoms with E-state index in [0.29, 0.717) is 44.1 Å². The highest BCUT2D eigenvalue weighted by Crippen LogP contribution is 2.31. The van der Waals surface area contributed by atoms with Crippen molar-refractivity contribution in [2.75, 3.05) is 19.8 Å². The van der Waals surface area contributed by atoms with Gasteiger partial charge in [0.2, 0.25) is 11.8 Å². The van der Waals surface area contributed by atoms with E-state index < -0.39 is 6.04 Å². The normalized spacial score (nSPS) is 13.4. The number of hydrogen-bond acceptors (Lipinski definition) is 4. The van der Waals surface area contributed by atoms with E-state index in [9.17, 15) is 14.0 Å². The highest BCUT2D eigenvalue weighted by molar-refractivity contribution is 5.87. The zero-order valence-corrected chi connectivity index (χ0v) is 18.0. The molecule has 0 unspecified atom stereocenters. The minimum Gasteiger partial charge on any atom is -0.486 e. The zero-order valence-electron chi connectivity index (χ0n) is 18.0. The Morgan fingerprint density at radius 1 is 1.03 bits per heavy atom. The van der Waals surface area contributed by atoms with E-state index in [1.807, 2.05) is 32.0 Å². The standard InChI is InChI=1S/C24H29FN2O4/c1-3-20(24(29)26-4-2)27(16-18-5-9-19(25)10-6-18)23(28)12-8-17-7-11-21-22(15-17)31-14-13-30-21/h5-7,9-11,15,20H,3-4,8,12-14,16H2,1-2H3,(H,26,29)/t20-/m0/s1. The second-order valence-electron chi connectivity index (χ2n) is 7.44. The monoisotopic (exact) mass is 428 g/mol. The molecule has 0 saturated heterocycles. The van der Waals surface area contributed by atoms with Gasteiger partial charge in [-0.05, 0) is 55.2 Å². The van der Waals surface area contributed by atoms with Gasteiger partial charge in [-0.15, -0.1) is 0 Å². The lowest BCUT2D eigenvalue weighted by atomic mass is 10.1. The molecule has 2 aromatic carbocycles. The van der Waals surface area contributed by atoms with Crippen molar-refractivity contribution in [1.29, 1.82) is 0 Å². The minimum atomic E-state index is -0.585. The summed E-state index contributed by atoms with van der Waals surface area (Å²) < 4.78 is 24.5. The first kappa shape index (κ1) is 22.6. The van der Waals surface area contributed by atoms with Crippen molar-refractivity contribution < 1.29 is 23.5 Å². The molecule has 1 heterocycles. The SMILES string of the molecule is CCNC(=O)[C@H](CC)N(Cc1ccc(F)cc1)C(=O)CCc1ccc2c(c1)OCCO2. The first-order chi connectivity index (χ1) is 15.0. The molecule has 1 aliphatic heterocycles. The molecule has 0 spiro atoms. The van der Waals surface area contributed by atoms with Crippen LogP contribution >= 0.6 is 0 Å². The van der Waals surface area contributed by atoms with E-state index in [-0.39, 0.29) is 30.6 Å². The third kappa shape index (κ3) is 5.96. The Kier molecular flexibility index (Phi) is 7.87. The molecule has 31 heavy (non-hydrogen) atoms. The van der Waals surface area contributed by atoms with Crippen LogP contribution in [-0.2, 0) is 22.6 Å². The maximum absolute atomic E-state index is 13.3. The highest BCUT2D eigenvalue weighted by atomic mass is 19.1. The summed E-state index contributed by atoms with van der Waals surface area (Å²) in [6.45, 7) is 5.50. The minimum absolute atomic E-state index is 0.127. The van der Waals surface area contributed by atoms with E-state index in [0.717, 1.165) is 11.1 Å². The Labute approximate surface area is 182 Å². The Balaban J connectivity index is 1.74. The number of rotatable bonds is 9. The number of fused-ring (bicyclic) bond motifs is 1. The van der Waals surface area contributed by atoms with Crippen molar-refractivity contribution in [1.82, 2.24) is 10.2 Å². The molecule has 3 rings (SSSR count). The van der Waals surface area contributed by atoms with E-state index in [1.54, 1.807) is 17.0 Å². The number of amides is 2. The average molecular weight is 429 g/mol. The van der Waals surface area contributed by atoms with Crippen LogP contribution in [0.25, 0.3) is 0 Å². The molecule has 0 bridgehead atoms. The summed E-state index contributed by atoms with van der Waals surface area (Å²) in [7, 11) is 0. The molecule has 0 aromatic heterocycles. The van der Waals surface area contributed by atoms with Gasteiger partial charge in [0.05, 0.1) is 0 Å². The molecule has 6 nitrogen and oxygen atoms in total. The van der Waals surface area contributed by atoms with Crippen LogP contribution in [0.2, 0.25) is 0 Å². The Bertz CT molecular complexity index is 901. The molecule has 0 saturated carbocycles. The summed E-state index contributed by atoms with van der Waals surface area (Å²) in [5.74, 6) is 0.753. The summed E-state index contributed by atoms with van der Waals surface area (Å²) in [4.78, 5) is 27.4. The molecule has 7 heteroatoms. The molecule has 1 atom stereocenters. The van der Waals surface area contributed by atoms with Crippen LogP contribution in [0.3, 0.4) is 0 Å². The number of ether oxygens (including phenoxy) is 2. The second-order valence-corrected chi connectivity index (χ2v) is 7.44. The number of carbonyl (C=O) groups excluding carboxylic acids is 2. The van der Waals surface area contributed by atoms with Crippen molar-refractivity contribution in [3.8, 4) is 11.5 Å². The van der Waals surface area contributed by atoms with Crippen LogP contribution in [-0.4, -0.2) is 42.5 Å². The Morgan fingerprint density at radius 2 is 1.71 bits per heavy atom. The van der Waals surface area contributed by atoms with Gasteiger partial charge in [-0.1, -0.05) is 25.1 Å². The van der Waals surface area contributed by atoms with E-state index >= 15 is 0 Å². The summed E-state index contributed by atoms with van der Waals surface area (Å²) in [5.41, 5.74) is 1.74. The maximum Gasteiger partial charge on any atom is 0.242 e. The molecule has 1 aliphatic rings. The fraction of sp³-hybridized carbons (Fsp3) is 0.417. The first-order valence-corrected chi connectivity index (χ1v) is 10.7. The van der Waals surface area contributed by atoms with E-state index in [4.69, 9.17) is 9.47 Å². The lowest BCUT2D eigenvalue weighted by Gasteiger charge is -2.30. The molecule has 1 N–H and O–H groups in total. The summed E-state index contributed by atoms with van der Waals surface area (Å²) in [5, 5.41) is 2.81. The van der Waals surface area contributed by atoms with E-state index in [2.05, 4.69) is 5.32 Å². The van der Waals surface area contributed by atoms with Crippen LogP contribution in [0.1, 0.15) is 37.8 Å². The van der Waals surface area contributed by atoms with Crippen LogP contribution in [0.4, 0.5) is 4.39 Å². The number of nitrogens with zero attached hydrogens (tertiary/aromatic N) is 1. The van der Waals surface area contributed by atoms with Gasteiger partial charge in [-0.3, -0.25) is 9.59 Å². The number of aryl methyl sites for hydroxylation is 1. The van der Waals surface area contributed by atoms with Crippen LogP contribution < -0.4 is 14.8 Å². The lowest BCUT2D eigenvalue weighted by molar-refractivity contribution is -0.141. The Morgan fingerprint density at radius 3 is 2.39 bits per heavy atom. The molecule has 166 valence electrons. The van der Waals surface area contributed by atoms with Gasteiger partial charge in [0, 0.05) is 19.5 Å². The first-order valence-electron chi connectivity index (χ1n) is 10.7. The second kappa shape index (κ2) is 10.8. The van der Waals surface area contributed by atoms with Crippen molar-refractivity contribution in [2.45, 2.75) is 45.7 Å². The molecular formula is C24H29FN2O4. The predicted octanol–water partition coefficient (Wildman–Crippen LogP) is 3.47. The van der Waals surface area contributed by atoms with Crippen molar-refractivity contribution in [3.05, 3.63) is 59.4 Å². The summed E-state index contributed by atoms with van der Waals surface area (Å²) in [6.07, 6.45) is 1.25. The molecular weight excluding hydrogens is 399 g/mol. The van der Waals surface area contributed by atoms with Gasteiger partial charge in [-0.2, -0.15) is 0 Å². The van der Waals surface area contributed by atoms with Gasteiger partial charge < -0.3 is 19.7 Å². The lowest BCUT2D eigenvalue weighted by Crippen LogP contribution is -2.49. The van der Waals surface area contributed by atoms with Gasteiger partial charge in [0.1, 0.15) is 25.1 Å².